The van der Waals surface area contributed by atoms with Gasteiger partial charge in [0.15, 0.2) is 0 Å². The molecule has 0 aliphatic carbocycles. The zero-order chi connectivity index (χ0) is 14.5. The van der Waals surface area contributed by atoms with Gasteiger partial charge in [-0.1, -0.05) is 30.7 Å². The zero-order valence-electron chi connectivity index (χ0n) is 11.7. The molecule has 0 spiro atoms. The summed E-state index contributed by atoms with van der Waals surface area (Å²) in [6, 6.07) is 6.02. The smallest absolute Gasteiger partial charge is 0.147 e. The van der Waals surface area contributed by atoms with Gasteiger partial charge in [-0.2, -0.15) is 0 Å². The van der Waals surface area contributed by atoms with Gasteiger partial charge in [-0.3, -0.25) is 0 Å². The summed E-state index contributed by atoms with van der Waals surface area (Å²) in [5.74, 6) is 0.231. The molecule has 0 aliphatic rings. The number of hydrogen-bond acceptors (Lipinski definition) is 3. The highest BCUT2D eigenvalue weighted by molar-refractivity contribution is 7.90. The van der Waals surface area contributed by atoms with Crippen molar-refractivity contribution in [1.82, 2.24) is 5.32 Å². The monoisotopic (exact) mass is 303 g/mol. The van der Waals surface area contributed by atoms with E-state index in [0.717, 1.165) is 29.1 Å². The molecule has 5 heteroatoms. The summed E-state index contributed by atoms with van der Waals surface area (Å²) < 4.78 is 22.4. The van der Waals surface area contributed by atoms with E-state index in [2.05, 4.69) is 11.4 Å². The van der Waals surface area contributed by atoms with E-state index in [-0.39, 0.29) is 11.8 Å². The van der Waals surface area contributed by atoms with Crippen molar-refractivity contribution in [2.75, 3.05) is 18.6 Å². The maximum Gasteiger partial charge on any atom is 0.147 e. The Hall–Kier alpha value is -0.580. The van der Waals surface area contributed by atoms with Crippen LogP contribution in [0.2, 0.25) is 5.02 Å². The molecule has 0 saturated heterocycles. The van der Waals surface area contributed by atoms with Crippen LogP contribution in [0.25, 0.3) is 0 Å². The van der Waals surface area contributed by atoms with Crippen LogP contribution in [0.1, 0.15) is 36.9 Å². The Labute approximate surface area is 121 Å². The van der Waals surface area contributed by atoms with Crippen LogP contribution >= 0.6 is 11.6 Å². The van der Waals surface area contributed by atoms with Gasteiger partial charge in [0, 0.05) is 23.1 Å². The van der Waals surface area contributed by atoms with Crippen LogP contribution in [0.15, 0.2) is 18.2 Å². The van der Waals surface area contributed by atoms with Gasteiger partial charge in [-0.25, -0.2) is 8.42 Å². The molecule has 0 heterocycles. The van der Waals surface area contributed by atoms with Gasteiger partial charge < -0.3 is 5.32 Å². The van der Waals surface area contributed by atoms with Crippen molar-refractivity contribution in [1.29, 1.82) is 0 Å². The summed E-state index contributed by atoms with van der Waals surface area (Å²) in [5, 5.41) is 4.15. The molecule has 0 radical (unpaired) electrons. The minimum atomic E-state index is -2.89. The van der Waals surface area contributed by atoms with E-state index >= 15 is 0 Å². The number of hydrogen-bond donors (Lipinski definition) is 1. The van der Waals surface area contributed by atoms with Gasteiger partial charge in [-0.05, 0) is 43.5 Å². The molecule has 1 N–H and O–H groups in total. The summed E-state index contributed by atoms with van der Waals surface area (Å²) in [4.78, 5) is 0. The Morgan fingerprint density at radius 3 is 2.63 bits per heavy atom. The molecule has 1 aromatic rings. The lowest BCUT2D eigenvalue weighted by atomic mass is 9.97. The summed E-state index contributed by atoms with van der Waals surface area (Å²) in [6.45, 7) is 4.89. The quantitative estimate of drug-likeness (QED) is 0.842. The topological polar surface area (TPSA) is 46.2 Å². The van der Waals surface area contributed by atoms with E-state index < -0.39 is 9.84 Å². The van der Waals surface area contributed by atoms with Crippen molar-refractivity contribution in [3.63, 3.8) is 0 Å². The number of benzene rings is 1. The first-order chi connectivity index (χ1) is 8.85. The molecule has 0 amide bonds. The highest BCUT2D eigenvalue weighted by atomic mass is 35.5. The first-order valence-corrected chi connectivity index (χ1v) is 8.95. The molecule has 0 saturated carbocycles. The van der Waals surface area contributed by atoms with Crippen LogP contribution in [0, 0.1) is 6.92 Å². The lowest BCUT2D eigenvalue weighted by molar-refractivity contribution is 0.505. The van der Waals surface area contributed by atoms with Crippen molar-refractivity contribution >= 4 is 21.4 Å². The minimum Gasteiger partial charge on any atom is -0.310 e. The molecule has 0 aromatic heterocycles. The maximum atomic E-state index is 11.2. The summed E-state index contributed by atoms with van der Waals surface area (Å²) in [5.41, 5.74) is 2.22. The number of rotatable bonds is 7. The fourth-order valence-electron chi connectivity index (χ4n) is 2.17. The van der Waals surface area contributed by atoms with Gasteiger partial charge in [0.05, 0.1) is 0 Å². The molecule has 108 valence electrons. The molecule has 1 unspecified atom stereocenters. The van der Waals surface area contributed by atoms with E-state index in [4.69, 9.17) is 11.6 Å². The fraction of sp³-hybridized carbons (Fsp3) is 0.571. The third-order valence-corrected chi connectivity index (χ3v) is 4.58. The largest absolute Gasteiger partial charge is 0.310 e. The van der Waals surface area contributed by atoms with Crippen LogP contribution in [-0.2, 0) is 9.84 Å². The van der Waals surface area contributed by atoms with Gasteiger partial charge >= 0.3 is 0 Å². The van der Waals surface area contributed by atoms with Gasteiger partial charge in [-0.15, -0.1) is 0 Å². The summed E-state index contributed by atoms with van der Waals surface area (Å²) in [6.07, 6.45) is 2.73. The Bertz CT molecular complexity index is 514. The first kappa shape index (κ1) is 16.5. The van der Waals surface area contributed by atoms with Crippen LogP contribution in [-0.4, -0.2) is 27.0 Å². The van der Waals surface area contributed by atoms with E-state index in [1.54, 1.807) is 0 Å². The van der Waals surface area contributed by atoms with Crippen LogP contribution in [0.3, 0.4) is 0 Å². The lowest BCUT2D eigenvalue weighted by Crippen LogP contribution is -2.22. The number of sulfone groups is 1. The predicted molar refractivity (Wildman–Crippen MR) is 81.6 cm³/mol. The SMILES string of the molecule is CCNC(CCCS(C)(=O)=O)c1cccc(Cl)c1C. The molecule has 1 rings (SSSR count). The normalized spacial score (nSPS) is 13.5. The average Bonchev–Trinajstić information content (AvgIpc) is 2.30. The Balaban J connectivity index is 2.79. The second kappa shape index (κ2) is 7.27. The zero-order valence-corrected chi connectivity index (χ0v) is 13.3. The average molecular weight is 304 g/mol. The van der Waals surface area contributed by atoms with Crippen LogP contribution < -0.4 is 5.32 Å². The highest BCUT2D eigenvalue weighted by Gasteiger charge is 2.15. The van der Waals surface area contributed by atoms with Crippen molar-refractivity contribution < 1.29 is 8.42 Å². The maximum absolute atomic E-state index is 11.2. The highest BCUT2D eigenvalue weighted by Crippen LogP contribution is 2.27. The molecular weight excluding hydrogens is 282 g/mol. The second-order valence-corrected chi connectivity index (χ2v) is 7.50. The standard InChI is InChI=1S/C14H22ClNO2S/c1-4-16-14(9-6-10-19(3,17)18)12-7-5-8-13(15)11(12)2/h5,7-8,14,16H,4,6,9-10H2,1-3H3. The number of nitrogens with one attached hydrogen (secondary N) is 1. The molecule has 1 aromatic carbocycles. The van der Waals surface area contributed by atoms with Crippen molar-refractivity contribution in [2.45, 2.75) is 32.7 Å². The summed E-state index contributed by atoms with van der Waals surface area (Å²) in [7, 11) is -2.89. The van der Waals surface area contributed by atoms with Crippen molar-refractivity contribution in [2.24, 2.45) is 0 Å². The molecule has 0 aliphatic heterocycles. The number of halogens is 1. The van der Waals surface area contributed by atoms with Crippen LogP contribution in [0.5, 0.6) is 0 Å². The van der Waals surface area contributed by atoms with Gasteiger partial charge in [0.25, 0.3) is 0 Å². The Morgan fingerprint density at radius 1 is 1.37 bits per heavy atom. The molecule has 1 atom stereocenters. The predicted octanol–water partition coefficient (Wildman–Crippen LogP) is 3.12. The molecule has 19 heavy (non-hydrogen) atoms. The Kier molecular flexibility index (Phi) is 6.30. The first-order valence-electron chi connectivity index (χ1n) is 6.51. The lowest BCUT2D eigenvalue weighted by Gasteiger charge is -2.20. The van der Waals surface area contributed by atoms with Crippen molar-refractivity contribution in [3.8, 4) is 0 Å². The van der Waals surface area contributed by atoms with Gasteiger partial charge in [0.1, 0.15) is 9.84 Å². The minimum absolute atomic E-state index is 0.158. The molecular formula is C14H22ClNO2S. The van der Waals surface area contributed by atoms with Crippen LogP contribution in [0.4, 0.5) is 0 Å². The third-order valence-electron chi connectivity index (χ3n) is 3.14. The van der Waals surface area contributed by atoms with E-state index in [1.807, 2.05) is 26.0 Å². The summed E-state index contributed by atoms with van der Waals surface area (Å²) >= 11 is 6.14. The van der Waals surface area contributed by atoms with E-state index in [1.165, 1.54) is 6.26 Å². The second-order valence-electron chi connectivity index (χ2n) is 4.84. The molecule has 0 bridgehead atoms. The molecule has 0 fully saturated rings. The van der Waals surface area contributed by atoms with Gasteiger partial charge in [0.2, 0.25) is 0 Å². The van der Waals surface area contributed by atoms with E-state index in [9.17, 15) is 8.42 Å². The Morgan fingerprint density at radius 2 is 2.05 bits per heavy atom. The van der Waals surface area contributed by atoms with Crippen molar-refractivity contribution in [3.05, 3.63) is 34.3 Å². The molecule has 3 nitrogen and oxygen atoms in total. The van der Waals surface area contributed by atoms with E-state index in [0.29, 0.717) is 6.42 Å². The third kappa shape index (κ3) is 5.51. The fourth-order valence-corrected chi connectivity index (χ4v) is 3.04.